The molecule has 2 amide bonds. The number of hydrogen-bond acceptors (Lipinski definition) is 4. The van der Waals surface area contributed by atoms with Crippen LogP contribution in [0.2, 0.25) is 0 Å². The summed E-state index contributed by atoms with van der Waals surface area (Å²) in [5, 5.41) is 5.76. The lowest BCUT2D eigenvalue weighted by atomic mass is 10.1. The third-order valence-corrected chi connectivity index (χ3v) is 4.64. The fourth-order valence-corrected chi connectivity index (χ4v) is 2.94. The van der Waals surface area contributed by atoms with E-state index in [1.54, 1.807) is 12.1 Å². The van der Waals surface area contributed by atoms with Crippen molar-refractivity contribution in [1.29, 1.82) is 0 Å². The maximum atomic E-state index is 12.6. The first-order valence-electron chi connectivity index (χ1n) is 10.7. The molecule has 0 radical (unpaired) electrons. The van der Waals surface area contributed by atoms with E-state index in [2.05, 4.69) is 10.6 Å². The zero-order chi connectivity index (χ0) is 22.6. The van der Waals surface area contributed by atoms with Gasteiger partial charge in [0.1, 0.15) is 11.5 Å². The van der Waals surface area contributed by atoms with Crippen LogP contribution >= 0.6 is 0 Å². The Morgan fingerprint density at radius 1 is 0.812 bits per heavy atom. The Hall–Kier alpha value is -3.80. The number of carbonyl (C=O) groups excluding carboxylic acids is 2. The van der Waals surface area contributed by atoms with Crippen LogP contribution in [-0.4, -0.2) is 25.0 Å². The predicted octanol–water partition coefficient (Wildman–Crippen LogP) is 4.81. The molecule has 0 aliphatic rings. The third-order valence-electron chi connectivity index (χ3n) is 4.64. The fraction of sp³-hybridized carbons (Fsp3) is 0.231. The number of hydrogen-bond donors (Lipinski definition) is 2. The number of ether oxygens (including phenoxy) is 2. The van der Waals surface area contributed by atoms with Gasteiger partial charge in [0.05, 0.1) is 25.3 Å². The van der Waals surface area contributed by atoms with E-state index < -0.39 is 0 Å². The van der Waals surface area contributed by atoms with Crippen LogP contribution in [0.5, 0.6) is 11.5 Å². The number of carbonyl (C=O) groups is 2. The van der Waals surface area contributed by atoms with E-state index in [4.69, 9.17) is 9.47 Å². The van der Waals surface area contributed by atoms with Crippen molar-refractivity contribution in [2.24, 2.45) is 0 Å². The third kappa shape index (κ3) is 7.16. The molecular weight excluding hydrogens is 404 g/mol. The van der Waals surface area contributed by atoms with Crippen LogP contribution in [-0.2, 0) is 11.3 Å². The smallest absolute Gasteiger partial charge is 0.255 e. The first-order valence-corrected chi connectivity index (χ1v) is 10.7. The molecule has 0 unspecified atom stereocenters. The highest BCUT2D eigenvalue weighted by Crippen LogP contribution is 2.24. The van der Waals surface area contributed by atoms with Crippen LogP contribution in [0, 0.1) is 0 Å². The lowest BCUT2D eigenvalue weighted by molar-refractivity contribution is -0.121. The van der Waals surface area contributed by atoms with E-state index in [1.165, 1.54) is 0 Å². The van der Waals surface area contributed by atoms with Crippen LogP contribution in [0.4, 0.5) is 5.69 Å². The molecule has 0 atom stereocenters. The SMILES string of the molecule is CCCOc1ccccc1NC(=O)c1ccc(CNC(=O)CCOc2ccccc2)cc1. The van der Waals surface area contributed by atoms with Gasteiger partial charge in [-0.2, -0.15) is 0 Å². The number of para-hydroxylation sites is 3. The van der Waals surface area contributed by atoms with Gasteiger partial charge in [-0.05, 0) is 48.4 Å². The first kappa shape index (κ1) is 22.9. The molecule has 32 heavy (non-hydrogen) atoms. The molecule has 0 fully saturated rings. The molecule has 0 saturated carbocycles. The van der Waals surface area contributed by atoms with Crippen molar-refractivity contribution >= 4 is 17.5 Å². The molecule has 0 aromatic heterocycles. The Bertz CT molecular complexity index is 1000. The van der Waals surface area contributed by atoms with Crippen molar-refractivity contribution in [2.75, 3.05) is 18.5 Å². The summed E-state index contributed by atoms with van der Waals surface area (Å²) in [6, 6.07) is 23.9. The summed E-state index contributed by atoms with van der Waals surface area (Å²) in [6.45, 7) is 3.33. The summed E-state index contributed by atoms with van der Waals surface area (Å²) in [5.74, 6) is 1.09. The minimum Gasteiger partial charge on any atom is -0.493 e. The number of anilines is 1. The van der Waals surface area contributed by atoms with Gasteiger partial charge in [-0.15, -0.1) is 0 Å². The average molecular weight is 433 g/mol. The normalized spacial score (nSPS) is 10.3. The monoisotopic (exact) mass is 432 g/mol. The van der Waals surface area contributed by atoms with Crippen molar-refractivity contribution in [1.82, 2.24) is 5.32 Å². The lowest BCUT2D eigenvalue weighted by Crippen LogP contribution is -2.24. The summed E-state index contributed by atoms with van der Waals surface area (Å²) in [7, 11) is 0. The molecule has 0 aliphatic carbocycles. The van der Waals surface area contributed by atoms with Crippen LogP contribution in [0.3, 0.4) is 0 Å². The molecule has 3 aromatic carbocycles. The molecule has 0 spiro atoms. The number of nitrogens with one attached hydrogen (secondary N) is 2. The lowest BCUT2D eigenvalue weighted by Gasteiger charge is -2.12. The van der Waals surface area contributed by atoms with Crippen molar-refractivity contribution in [3.8, 4) is 11.5 Å². The van der Waals surface area contributed by atoms with Gasteiger partial charge in [0.25, 0.3) is 5.91 Å². The van der Waals surface area contributed by atoms with Crippen LogP contribution in [0.1, 0.15) is 35.7 Å². The van der Waals surface area contributed by atoms with Gasteiger partial charge in [-0.1, -0.05) is 49.4 Å². The molecule has 0 saturated heterocycles. The summed E-state index contributed by atoms with van der Waals surface area (Å²) in [5.41, 5.74) is 2.08. The van der Waals surface area contributed by atoms with E-state index >= 15 is 0 Å². The van der Waals surface area contributed by atoms with Gasteiger partial charge >= 0.3 is 0 Å². The Labute approximate surface area is 188 Å². The van der Waals surface area contributed by atoms with Gasteiger partial charge < -0.3 is 20.1 Å². The molecule has 6 heteroatoms. The largest absolute Gasteiger partial charge is 0.493 e. The van der Waals surface area contributed by atoms with Gasteiger partial charge in [0.15, 0.2) is 0 Å². The minimum absolute atomic E-state index is 0.0913. The van der Waals surface area contributed by atoms with Gasteiger partial charge in [-0.25, -0.2) is 0 Å². The topological polar surface area (TPSA) is 76.7 Å². The Morgan fingerprint density at radius 3 is 2.28 bits per heavy atom. The Balaban J connectivity index is 1.45. The van der Waals surface area contributed by atoms with E-state index in [0.29, 0.717) is 36.8 Å². The van der Waals surface area contributed by atoms with Crippen molar-refractivity contribution in [2.45, 2.75) is 26.3 Å². The second-order valence-corrected chi connectivity index (χ2v) is 7.18. The highest BCUT2D eigenvalue weighted by molar-refractivity contribution is 6.05. The first-order chi connectivity index (χ1) is 15.7. The maximum Gasteiger partial charge on any atom is 0.255 e. The standard InChI is InChI=1S/C26H28N2O4/c1-2-17-32-24-11-7-6-10-23(24)28-26(30)21-14-12-20(13-15-21)19-27-25(29)16-18-31-22-8-4-3-5-9-22/h3-15H,2,16-19H2,1H3,(H,27,29)(H,28,30). The Kier molecular flexibility index (Phi) is 8.69. The van der Waals surface area contributed by atoms with Crippen molar-refractivity contribution in [3.05, 3.63) is 90.0 Å². The second-order valence-electron chi connectivity index (χ2n) is 7.18. The number of amides is 2. The van der Waals surface area contributed by atoms with E-state index in [0.717, 1.165) is 17.7 Å². The van der Waals surface area contributed by atoms with Gasteiger partial charge in [0.2, 0.25) is 5.91 Å². The van der Waals surface area contributed by atoms with Crippen molar-refractivity contribution < 1.29 is 19.1 Å². The van der Waals surface area contributed by atoms with E-state index in [9.17, 15) is 9.59 Å². The fourth-order valence-electron chi connectivity index (χ4n) is 2.94. The number of rotatable bonds is 11. The molecule has 6 nitrogen and oxygen atoms in total. The van der Waals surface area contributed by atoms with Gasteiger partial charge in [-0.3, -0.25) is 9.59 Å². The minimum atomic E-state index is -0.216. The van der Waals surface area contributed by atoms with Crippen LogP contribution in [0.25, 0.3) is 0 Å². The Morgan fingerprint density at radius 2 is 1.53 bits per heavy atom. The maximum absolute atomic E-state index is 12.6. The van der Waals surface area contributed by atoms with Crippen LogP contribution < -0.4 is 20.1 Å². The second kappa shape index (κ2) is 12.2. The summed E-state index contributed by atoms with van der Waals surface area (Å²) in [6.07, 6.45) is 1.16. The predicted molar refractivity (Wildman–Crippen MR) is 125 cm³/mol. The molecule has 0 heterocycles. The zero-order valence-electron chi connectivity index (χ0n) is 18.2. The summed E-state index contributed by atoms with van der Waals surface area (Å²) >= 11 is 0. The quantitative estimate of drug-likeness (QED) is 0.456. The summed E-state index contributed by atoms with van der Waals surface area (Å²) in [4.78, 5) is 24.6. The van der Waals surface area contributed by atoms with E-state index in [1.807, 2.05) is 73.7 Å². The molecule has 3 rings (SSSR count). The molecule has 0 aliphatic heterocycles. The molecule has 3 aromatic rings. The highest BCUT2D eigenvalue weighted by atomic mass is 16.5. The van der Waals surface area contributed by atoms with Crippen molar-refractivity contribution in [3.63, 3.8) is 0 Å². The molecule has 166 valence electrons. The highest BCUT2D eigenvalue weighted by Gasteiger charge is 2.10. The molecular formula is C26H28N2O4. The van der Waals surface area contributed by atoms with Gasteiger partial charge in [0, 0.05) is 12.1 Å². The average Bonchev–Trinajstić information content (AvgIpc) is 2.83. The van der Waals surface area contributed by atoms with Crippen LogP contribution in [0.15, 0.2) is 78.9 Å². The molecule has 2 N–H and O–H groups in total. The molecule has 0 bridgehead atoms. The zero-order valence-corrected chi connectivity index (χ0v) is 18.2. The summed E-state index contributed by atoms with van der Waals surface area (Å²) < 4.78 is 11.2. The number of benzene rings is 3. The van der Waals surface area contributed by atoms with E-state index in [-0.39, 0.29) is 18.2 Å².